The molecule has 2 atom stereocenters. The van der Waals surface area contributed by atoms with Crippen molar-refractivity contribution in [2.24, 2.45) is 5.73 Å². The van der Waals surface area contributed by atoms with Crippen molar-refractivity contribution in [3.63, 3.8) is 0 Å². The third-order valence-corrected chi connectivity index (χ3v) is 5.19. The van der Waals surface area contributed by atoms with E-state index in [-0.39, 0.29) is 11.9 Å². The molecule has 3 aromatic rings. The average Bonchev–Trinajstić information content (AvgIpc) is 2.76. The van der Waals surface area contributed by atoms with Crippen LogP contribution < -0.4 is 15.4 Å². The van der Waals surface area contributed by atoms with Gasteiger partial charge in [0, 0.05) is 11.3 Å². The van der Waals surface area contributed by atoms with Crippen LogP contribution in [0.5, 0.6) is 5.75 Å². The molecule has 1 aliphatic rings. The fourth-order valence-electron chi connectivity index (χ4n) is 3.61. The Morgan fingerprint density at radius 3 is 2.38 bits per heavy atom. The average molecular weight is 386 g/mol. The molecule has 5 heteroatoms. The molecule has 2 N–H and O–H groups in total. The van der Waals surface area contributed by atoms with Gasteiger partial charge in [0.1, 0.15) is 11.8 Å². The van der Waals surface area contributed by atoms with E-state index in [1.165, 1.54) is 0 Å². The monoisotopic (exact) mass is 386 g/mol. The zero-order chi connectivity index (χ0) is 20.4. The molecule has 1 fully saturated rings. The Kier molecular flexibility index (Phi) is 5.04. The summed E-state index contributed by atoms with van der Waals surface area (Å²) in [7, 11) is 0. The highest BCUT2D eigenvalue weighted by Gasteiger charge is 2.51. The number of nitrogens with two attached hydrogens (primary N) is 1. The van der Waals surface area contributed by atoms with Crippen LogP contribution in [0.4, 0.5) is 5.69 Å². The number of aryl methyl sites for hydroxylation is 1. The van der Waals surface area contributed by atoms with Crippen LogP contribution in [-0.2, 0) is 11.2 Å². The van der Waals surface area contributed by atoms with E-state index in [1.54, 1.807) is 17.0 Å². The molecule has 1 heterocycles. The number of rotatable bonds is 6. The number of hydrogen-bond donors (Lipinski definition) is 1. The molecule has 1 saturated heterocycles. The van der Waals surface area contributed by atoms with E-state index in [2.05, 4.69) is 6.92 Å². The number of para-hydroxylation sites is 1. The minimum Gasteiger partial charge on any atom is -0.478 e. The zero-order valence-electron chi connectivity index (χ0n) is 16.1. The number of β-lactam (4-membered cyclic amide) rings is 1. The standard InChI is InChI=1S/C24H22N2O3/c1-2-16-7-6-10-20(15-16)29-22-21(17-11-13-18(14-12-17)23(25)27)26(24(22)28)19-8-4-3-5-9-19/h3-15,21-22H,2H2,1H3,(H2,25,27)/t21-,22+/m0/s1. The van der Waals surface area contributed by atoms with Crippen molar-refractivity contribution in [2.75, 3.05) is 4.90 Å². The lowest BCUT2D eigenvalue weighted by atomic mass is 9.89. The van der Waals surface area contributed by atoms with Gasteiger partial charge in [-0.2, -0.15) is 0 Å². The van der Waals surface area contributed by atoms with E-state index >= 15 is 0 Å². The number of nitrogens with zero attached hydrogens (tertiary/aromatic N) is 1. The molecule has 0 unspecified atom stereocenters. The maximum absolute atomic E-state index is 13.0. The molecule has 1 aliphatic heterocycles. The summed E-state index contributed by atoms with van der Waals surface area (Å²) in [5.41, 5.74) is 8.63. The zero-order valence-corrected chi connectivity index (χ0v) is 16.1. The molecular formula is C24H22N2O3. The third-order valence-electron chi connectivity index (χ3n) is 5.19. The van der Waals surface area contributed by atoms with Gasteiger partial charge in [-0.3, -0.25) is 14.5 Å². The fourth-order valence-corrected chi connectivity index (χ4v) is 3.61. The molecule has 29 heavy (non-hydrogen) atoms. The number of carbonyl (C=O) groups is 2. The van der Waals surface area contributed by atoms with Gasteiger partial charge in [-0.15, -0.1) is 0 Å². The van der Waals surface area contributed by atoms with Crippen LogP contribution in [0.3, 0.4) is 0 Å². The van der Waals surface area contributed by atoms with Gasteiger partial charge in [-0.1, -0.05) is 49.4 Å². The van der Waals surface area contributed by atoms with E-state index < -0.39 is 12.0 Å². The molecule has 0 spiro atoms. The lowest BCUT2D eigenvalue weighted by Crippen LogP contribution is -2.61. The number of primary amides is 1. The van der Waals surface area contributed by atoms with Gasteiger partial charge >= 0.3 is 0 Å². The minimum atomic E-state index is -0.637. The molecule has 2 amide bonds. The van der Waals surface area contributed by atoms with Gasteiger partial charge in [0.2, 0.25) is 12.0 Å². The number of anilines is 1. The topological polar surface area (TPSA) is 72.6 Å². The summed E-state index contributed by atoms with van der Waals surface area (Å²) < 4.78 is 6.12. The van der Waals surface area contributed by atoms with Crippen LogP contribution in [0.25, 0.3) is 0 Å². The molecule has 5 nitrogen and oxygen atoms in total. The van der Waals surface area contributed by atoms with Crippen molar-refractivity contribution in [2.45, 2.75) is 25.5 Å². The highest BCUT2D eigenvalue weighted by molar-refractivity contribution is 6.05. The molecule has 0 aliphatic carbocycles. The predicted octanol–water partition coefficient (Wildman–Crippen LogP) is 3.88. The second kappa shape index (κ2) is 7.80. The quantitative estimate of drug-likeness (QED) is 0.654. The van der Waals surface area contributed by atoms with E-state index in [4.69, 9.17) is 10.5 Å². The maximum Gasteiger partial charge on any atom is 0.271 e. The first-order valence-electron chi connectivity index (χ1n) is 9.62. The van der Waals surface area contributed by atoms with Crippen LogP contribution >= 0.6 is 0 Å². The Balaban J connectivity index is 1.67. The lowest BCUT2D eigenvalue weighted by molar-refractivity contribution is -0.135. The van der Waals surface area contributed by atoms with Crippen LogP contribution in [0, 0.1) is 0 Å². The van der Waals surface area contributed by atoms with Gasteiger partial charge in [-0.05, 0) is 53.9 Å². The van der Waals surface area contributed by atoms with E-state index in [9.17, 15) is 9.59 Å². The molecule has 4 rings (SSSR count). The number of amides is 2. The van der Waals surface area contributed by atoms with Crippen molar-refractivity contribution in [1.29, 1.82) is 0 Å². The van der Waals surface area contributed by atoms with Crippen molar-refractivity contribution >= 4 is 17.5 Å². The summed E-state index contributed by atoms with van der Waals surface area (Å²) in [6.45, 7) is 2.08. The second-order valence-electron chi connectivity index (χ2n) is 7.01. The first kappa shape index (κ1) is 18.7. The Morgan fingerprint density at radius 2 is 1.72 bits per heavy atom. The Bertz CT molecular complexity index is 1030. The fraction of sp³-hybridized carbons (Fsp3) is 0.167. The summed E-state index contributed by atoms with van der Waals surface area (Å²) in [6, 6.07) is 24.0. The molecule has 0 saturated carbocycles. The number of benzene rings is 3. The second-order valence-corrected chi connectivity index (χ2v) is 7.01. The van der Waals surface area contributed by atoms with E-state index in [0.717, 1.165) is 23.2 Å². The molecule has 0 radical (unpaired) electrons. The lowest BCUT2D eigenvalue weighted by Gasteiger charge is -2.46. The number of ether oxygens (including phenoxy) is 1. The maximum atomic E-state index is 13.0. The highest BCUT2D eigenvalue weighted by Crippen LogP contribution is 2.41. The van der Waals surface area contributed by atoms with Crippen LogP contribution in [0.15, 0.2) is 78.9 Å². The summed E-state index contributed by atoms with van der Waals surface area (Å²) in [4.78, 5) is 26.1. The third kappa shape index (κ3) is 3.59. The molecule has 3 aromatic carbocycles. The Morgan fingerprint density at radius 1 is 1.00 bits per heavy atom. The summed E-state index contributed by atoms with van der Waals surface area (Å²) in [5, 5.41) is 0. The minimum absolute atomic E-state index is 0.0953. The van der Waals surface area contributed by atoms with Crippen molar-refractivity contribution in [1.82, 2.24) is 0 Å². The van der Waals surface area contributed by atoms with E-state index in [0.29, 0.717) is 11.3 Å². The smallest absolute Gasteiger partial charge is 0.271 e. The van der Waals surface area contributed by atoms with Gasteiger partial charge in [0.05, 0.1) is 0 Å². The first-order valence-corrected chi connectivity index (χ1v) is 9.62. The van der Waals surface area contributed by atoms with Crippen LogP contribution in [0.1, 0.15) is 34.5 Å². The normalized spacial score (nSPS) is 18.2. The molecule has 0 bridgehead atoms. The Labute approximate surface area is 169 Å². The van der Waals surface area contributed by atoms with Gasteiger partial charge < -0.3 is 10.5 Å². The van der Waals surface area contributed by atoms with Crippen molar-refractivity contribution in [3.8, 4) is 5.75 Å². The van der Waals surface area contributed by atoms with Crippen molar-refractivity contribution < 1.29 is 14.3 Å². The van der Waals surface area contributed by atoms with Crippen LogP contribution in [0.2, 0.25) is 0 Å². The largest absolute Gasteiger partial charge is 0.478 e. The summed E-state index contributed by atoms with van der Waals surface area (Å²) in [6.07, 6.45) is 0.256. The predicted molar refractivity (Wildman–Crippen MR) is 112 cm³/mol. The molecule has 146 valence electrons. The SMILES string of the molecule is CCc1cccc(O[C@H]2C(=O)N(c3ccccc3)[C@H]2c2ccc(C(N)=O)cc2)c1. The van der Waals surface area contributed by atoms with E-state index in [1.807, 2.05) is 66.7 Å². The van der Waals surface area contributed by atoms with Gasteiger partial charge in [0.15, 0.2) is 0 Å². The first-order chi connectivity index (χ1) is 14.1. The van der Waals surface area contributed by atoms with Crippen molar-refractivity contribution in [3.05, 3.63) is 95.6 Å². The molecular weight excluding hydrogens is 364 g/mol. The summed E-state index contributed by atoms with van der Waals surface area (Å²) in [5.74, 6) is 0.0987. The van der Waals surface area contributed by atoms with Gasteiger partial charge in [0.25, 0.3) is 5.91 Å². The number of carbonyl (C=O) groups excluding carboxylic acids is 2. The molecule has 0 aromatic heterocycles. The number of hydrogen-bond acceptors (Lipinski definition) is 3. The summed E-state index contributed by atoms with van der Waals surface area (Å²) >= 11 is 0. The van der Waals surface area contributed by atoms with Gasteiger partial charge in [-0.25, -0.2) is 0 Å². The van der Waals surface area contributed by atoms with Crippen LogP contribution in [-0.4, -0.2) is 17.9 Å². The highest BCUT2D eigenvalue weighted by atomic mass is 16.5. The Hall–Kier alpha value is -3.60.